The van der Waals surface area contributed by atoms with Crippen molar-refractivity contribution >= 4 is 23.5 Å². The molecule has 0 heterocycles. The predicted molar refractivity (Wildman–Crippen MR) is 92.9 cm³/mol. The number of amides is 2. The lowest BCUT2D eigenvalue weighted by Gasteiger charge is -2.23. The van der Waals surface area contributed by atoms with Crippen LogP contribution in [0.25, 0.3) is 0 Å². The van der Waals surface area contributed by atoms with E-state index in [1.807, 2.05) is 13.8 Å². The third-order valence-electron chi connectivity index (χ3n) is 3.32. The van der Waals surface area contributed by atoms with Crippen molar-refractivity contribution in [3.8, 4) is 0 Å². The van der Waals surface area contributed by atoms with Crippen LogP contribution in [0.3, 0.4) is 0 Å². The average molecular weight is 334 g/mol. The number of hydrogen-bond donors (Lipinski definition) is 1. The second-order valence-corrected chi connectivity index (χ2v) is 5.86. The minimum atomic E-state index is -0.469. The molecule has 0 aliphatic rings. The van der Waals surface area contributed by atoms with Gasteiger partial charge in [0.15, 0.2) is 0 Å². The molecule has 24 heavy (non-hydrogen) atoms. The van der Waals surface area contributed by atoms with Gasteiger partial charge in [-0.05, 0) is 25.0 Å². The minimum Gasteiger partial charge on any atom is -0.462 e. The molecule has 1 aromatic rings. The van der Waals surface area contributed by atoms with E-state index in [0.717, 1.165) is 0 Å². The van der Waals surface area contributed by atoms with E-state index < -0.39 is 5.97 Å². The summed E-state index contributed by atoms with van der Waals surface area (Å²) in [7, 11) is 0. The van der Waals surface area contributed by atoms with E-state index in [2.05, 4.69) is 5.32 Å². The van der Waals surface area contributed by atoms with Crippen LogP contribution in [0.1, 0.15) is 44.5 Å². The Kier molecular flexibility index (Phi) is 7.95. The summed E-state index contributed by atoms with van der Waals surface area (Å²) in [6.45, 7) is 7.97. The number of nitrogens with zero attached hydrogens (tertiary/aromatic N) is 1. The summed E-state index contributed by atoms with van der Waals surface area (Å²) in [5.74, 6) is -0.446. The minimum absolute atomic E-state index is 0.0489. The molecule has 2 amide bonds. The standard InChI is InChI=1S/C18H26N2O4/c1-5-24-18(23)15-8-6-7-9-16(15)20(14(4)21)11-10-19-17(22)12-13(2)3/h6-9,13H,5,10-12H2,1-4H3,(H,19,22). The van der Waals surface area contributed by atoms with Gasteiger partial charge in [0.2, 0.25) is 11.8 Å². The SMILES string of the molecule is CCOC(=O)c1ccccc1N(CCNC(=O)CC(C)C)C(C)=O. The van der Waals surface area contributed by atoms with E-state index in [-0.39, 0.29) is 30.9 Å². The van der Waals surface area contributed by atoms with E-state index in [0.29, 0.717) is 24.2 Å². The first-order chi connectivity index (χ1) is 11.4. The highest BCUT2D eigenvalue weighted by atomic mass is 16.5. The van der Waals surface area contributed by atoms with E-state index in [4.69, 9.17) is 4.74 Å². The molecule has 0 aliphatic carbocycles. The maximum atomic E-state index is 12.1. The summed E-state index contributed by atoms with van der Waals surface area (Å²) < 4.78 is 5.04. The van der Waals surface area contributed by atoms with Gasteiger partial charge in [-0.2, -0.15) is 0 Å². The Hall–Kier alpha value is -2.37. The average Bonchev–Trinajstić information content (AvgIpc) is 2.51. The molecule has 1 rings (SSSR count). The number of rotatable bonds is 8. The van der Waals surface area contributed by atoms with Crippen LogP contribution in [-0.4, -0.2) is 37.5 Å². The summed E-state index contributed by atoms with van der Waals surface area (Å²) in [6, 6.07) is 6.80. The van der Waals surface area contributed by atoms with Crippen LogP contribution in [0.4, 0.5) is 5.69 Å². The van der Waals surface area contributed by atoms with Gasteiger partial charge in [0.25, 0.3) is 0 Å². The lowest BCUT2D eigenvalue weighted by atomic mass is 10.1. The first kappa shape index (κ1) is 19.7. The van der Waals surface area contributed by atoms with Crippen LogP contribution in [0, 0.1) is 5.92 Å². The maximum Gasteiger partial charge on any atom is 0.340 e. The van der Waals surface area contributed by atoms with Crippen molar-refractivity contribution in [2.75, 3.05) is 24.6 Å². The lowest BCUT2D eigenvalue weighted by molar-refractivity contribution is -0.122. The highest BCUT2D eigenvalue weighted by Crippen LogP contribution is 2.21. The third kappa shape index (κ3) is 6.02. The topological polar surface area (TPSA) is 75.7 Å². The molecule has 0 saturated heterocycles. The number of carbonyl (C=O) groups is 3. The zero-order chi connectivity index (χ0) is 18.1. The zero-order valence-electron chi connectivity index (χ0n) is 14.8. The fraction of sp³-hybridized carbons (Fsp3) is 0.500. The second kappa shape index (κ2) is 9.70. The number of para-hydroxylation sites is 1. The van der Waals surface area contributed by atoms with Crippen molar-refractivity contribution in [1.82, 2.24) is 5.32 Å². The molecule has 1 aromatic carbocycles. The Labute approximate surface area is 143 Å². The van der Waals surface area contributed by atoms with Crippen LogP contribution in [-0.2, 0) is 14.3 Å². The van der Waals surface area contributed by atoms with E-state index in [1.165, 1.54) is 11.8 Å². The highest BCUT2D eigenvalue weighted by Gasteiger charge is 2.20. The molecule has 0 atom stereocenters. The van der Waals surface area contributed by atoms with Gasteiger partial charge < -0.3 is 15.0 Å². The van der Waals surface area contributed by atoms with Crippen molar-refractivity contribution in [2.45, 2.75) is 34.1 Å². The van der Waals surface area contributed by atoms with Crippen molar-refractivity contribution in [2.24, 2.45) is 5.92 Å². The smallest absolute Gasteiger partial charge is 0.340 e. The molecule has 0 aliphatic heterocycles. The molecule has 0 saturated carbocycles. The molecule has 0 unspecified atom stereocenters. The molecular formula is C18H26N2O4. The van der Waals surface area contributed by atoms with E-state index in [1.54, 1.807) is 31.2 Å². The summed E-state index contributed by atoms with van der Waals surface area (Å²) >= 11 is 0. The summed E-state index contributed by atoms with van der Waals surface area (Å²) in [6.07, 6.45) is 0.444. The van der Waals surface area contributed by atoms with Crippen molar-refractivity contribution in [3.63, 3.8) is 0 Å². The predicted octanol–water partition coefficient (Wildman–Crippen LogP) is 2.38. The number of hydrogen-bond acceptors (Lipinski definition) is 4. The Balaban J connectivity index is 2.84. The first-order valence-electron chi connectivity index (χ1n) is 8.17. The highest BCUT2D eigenvalue weighted by molar-refractivity contribution is 6.02. The van der Waals surface area contributed by atoms with E-state index >= 15 is 0 Å². The fourth-order valence-corrected chi connectivity index (χ4v) is 2.29. The van der Waals surface area contributed by atoms with Crippen LogP contribution in [0.2, 0.25) is 0 Å². The quantitative estimate of drug-likeness (QED) is 0.741. The van der Waals surface area contributed by atoms with Gasteiger partial charge in [-0.15, -0.1) is 0 Å². The molecule has 0 spiro atoms. The van der Waals surface area contributed by atoms with Gasteiger partial charge in [0, 0.05) is 26.4 Å². The van der Waals surface area contributed by atoms with Gasteiger partial charge in [0.1, 0.15) is 0 Å². The second-order valence-electron chi connectivity index (χ2n) is 5.86. The van der Waals surface area contributed by atoms with Crippen LogP contribution < -0.4 is 10.2 Å². The normalized spacial score (nSPS) is 10.4. The zero-order valence-corrected chi connectivity index (χ0v) is 14.8. The van der Waals surface area contributed by atoms with Gasteiger partial charge in [0.05, 0.1) is 17.9 Å². The number of ether oxygens (including phenoxy) is 1. The number of anilines is 1. The number of benzene rings is 1. The van der Waals surface area contributed by atoms with E-state index in [9.17, 15) is 14.4 Å². The lowest BCUT2D eigenvalue weighted by Crippen LogP contribution is -2.38. The summed E-state index contributed by atoms with van der Waals surface area (Å²) in [5.41, 5.74) is 0.824. The first-order valence-corrected chi connectivity index (χ1v) is 8.17. The van der Waals surface area contributed by atoms with Crippen LogP contribution in [0.5, 0.6) is 0 Å². The Morgan fingerprint density at radius 3 is 2.46 bits per heavy atom. The molecule has 0 aromatic heterocycles. The van der Waals surface area contributed by atoms with Gasteiger partial charge >= 0.3 is 5.97 Å². The largest absolute Gasteiger partial charge is 0.462 e. The Bertz CT molecular complexity index is 584. The van der Waals surface area contributed by atoms with Crippen molar-refractivity contribution in [3.05, 3.63) is 29.8 Å². The molecular weight excluding hydrogens is 308 g/mol. The van der Waals surface area contributed by atoms with Crippen LogP contribution in [0.15, 0.2) is 24.3 Å². The summed E-state index contributed by atoms with van der Waals surface area (Å²) in [4.78, 5) is 37.2. The number of carbonyl (C=O) groups excluding carboxylic acids is 3. The number of esters is 1. The van der Waals surface area contributed by atoms with Gasteiger partial charge in [-0.3, -0.25) is 9.59 Å². The van der Waals surface area contributed by atoms with Gasteiger partial charge in [-0.1, -0.05) is 26.0 Å². The Morgan fingerprint density at radius 1 is 1.21 bits per heavy atom. The van der Waals surface area contributed by atoms with Crippen LogP contribution >= 0.6 is 0 Å². The monoisotopic (exact) mass is 334 g/mol. The van der Waals surface area contributed by atoms with Gasteiger partial charge in [-0.25, -0.2) is 4.79 Å². The third-order valence-corrected chi connectivity index (χ3v) is 3.32. The maximum absolute atomic E-state index is 12.1. The fourth-order valence-electron chi connectivity index (χ4n) is 2.29. The van der Waals surface area contributed by atoms with Crippen molar-refractivity contribution in [1.29, 1.82) is 0 Å². The Morgan fingerprint density at radius 2 is 1.88 bits per heavy atom. The number of nitrogens with one attached hydrogen (secondary N) is 1. The molecule has 0 radical (unpaired) electrons. The molecule has 0 bridgehead atoms. The molecule has 6 nitrogen and oxygen atoms in total. The molecule has 1 N–H and O–H groups in total. The van der Waals surface area contributed by atoms with Crippen molar-refractivity contribution < 1.29 is 19.1 Å². The molecule has 132 valence electrons. The summed E-state index contributed by atoms with van der Waals surface area (Å²) in [5, 5.41) is 2.79. The molecule has 0 fully saturated rings. The molecule has 6 heteroatoms.